The molecule has 2 rings (SSSR count). The minimum Gasteiger partial charge on any atom is -0.496 e. The van der Waals surface area contributed by atoms with Crippen molar-refractivity contribution in [2.75, 3.05) is 27.9 Å². The molecule has 136 valence electrons. The van der Waals surface area contributed by atoms with Gasteiger partial charge < -0.3 is 44.1 Å². The van der Waals surface area contributed by atoms with Crippen LogP contribution in [0.15, 0.2) is 12.1 Å². The van der Waals surface area contributed by atoms with Crippen molar-refractivity contribution in [2.45, 2.75) is 30.7 Å². The predicted molar refractivity (Wildman–Crippen MR) is 80.5 cm³/mol. The molecule has 24 heavy (non-hydrogen) atoms. The summed E-state index contributed by atoms with van der Waals surface area (Å²) < 4.78 is 26.5. The summed E-state index contributed by atoms with van der Waals surface area (Å²) >= 11 is 0. The van der Waals surface area contributed by atoms with E-state index in [0.29, 0.717) is 11.5 Å². The van der Waals surface area contributed by atoms with Gasteiger partial charge >= 0.3 is 0 Å². The molecule has 1 aromatic rings. The summed E-state index contributed by atoms with van der Waals surface area (Å²) in [7, 11) is 4.30. The Hall–Kier alpha value is -1.78. The lowest BCUT2D eigenvalue weighted by molar-refractivity contribution is -0.277. The fourth-order valence-electron chi connectivity index (χ4n) is 2.40. The number of aliphatic hydroxyl groups excluding tert-OH is 4. The standard InChI is InChI=1S/C15H22O9/c1-20-7-4-8(21-2)14(22-3)9(5-7)23-15-13(19)12(18)11(17)10(6-16)24-15/h4-5,10-13,15-19H,6H2,1-3H3/t10-,11-,12+,13-,15-/m1/s1. The number of hydrogen-bond donors (Lipinski definition) is 4. The van der Waals surface area contributed by atoms with Gasteiger partial charge in [-0.3, -0.25) is 0 Å². The lowest BCUT2D eigenvalue weighted by Crippen LogP contribution is -2.60. The molecule has 5 atom stereocenters. The fraction of sp³-hybridized carbons (Fsp3) is 0.600. The number of hydrogen-bond acceptors (Lipinski definition) is 9. The highest BCUT2D eigenvalue weighted by molar-refractivity contribution is 5.56. The minimum atomic E-state index is -1.54. The quantitative estimate of drug-likeness (QED) is 0.507. The molecule has 1 fully saturated rings. The fourth-order valence-corrected chi connectivity index (χ4v) is 2.40. The average Bonchev–Trinajstić information content (AvgIpc) is 2.61. The molecule has 0 saturated carbocycles. The highest BCUT2D eigenvalue weighted by atomic mass is 16.7. The first kappa shape index (κ1) is 18.6. The van der Waals surface area contributed by atoms with E-state index < -0.39 is 37.3 Å². The zero-order chi connectivity index (χ0) is 17.9. The average molecular weight is 346 g/mol. The van der Waals surface area contributed by atoms with Crippen LogP contribution in [0.2, 0.25) is 0 Å². The van der Waals surface area contributed by atoms with Crippen molar-refractivity contribution < 1.29 is 44.1 Å². The van der Waals surface area contributed by atoms with E-state index in [0.717, 1.165) is 0 Å². The lowest BCUT2D eigenvalue weighted by Gasteiger charge is -2.39. The van der Waals surface area contributed by atoms with Crippen molar-refractivity contribution in [3.05, 3.63) is 12.1 Å². The third-order valence-corrected chi connectivity index (χ3v) is 3.75. The van der Waals surface area contributed by atoms with E-state index in [1.54, 1.807) is 6.07 Å². The van der Waals surface area contributed by atoms with Crippen molar-refractivity contribution in [3.63, 3.8) is 0 Å². The van der Waals surface area contributed by atoms with E-state index in [2.05, 4.69) is 0 Å². The van der Waals surface area contributed by atoms with Gasteiger partial charge in [0.1, 0.15) is 30.2 Å². The van der Waals surface area contributed by atoms with E-state index in [4.69, 9.17) is 23.7 Å². The molecule has 9 nitrogen and oxygen atoms in total. The van der Waals surface area contributed by atoms with Crippen LogP contribution < -0.4 is 18.9 Å². The second-order valence-electron chi connectivity index (χ2n) is 5.18. The summed E-state index contributed by atoms with van der Waals surface area (Å²) in [6, 6.07) is 3.07. The van der Waals surface area contributed by atoms with Gasteiger partial charge in [-0.15, -0.1) is 0 Å². The zero-order valence-corrected chi connectivity index (χ0v) is 13.6. The Morgan fingerprint density at radius 2 is 1.58 bits per heavy atom. The van der Waals surface area contributed by atoms with E-state index in [1.807, 2.05) is 0 Å². The number of benzene rings is 1. The van der Waals surface area contributed by atoms with E-state index in [1.165, 1.54) is 27.4 Å². The maximum atomic E-state index is 10.1. The van der Waals surface area contributed by atoms with Gasteiger partial charge in [-0.25, -0.2) is 0 Å². The molecular formula is C15H22O9. The van der Waals surface area contributed by atoms with Crippen LogP contribution in [0.25, 0.3) is 0 Å². The Balaban J connectivity index is 2.32. The van der Waals surface area contributed by atoms with Crippen LogP contribution in [0.1, 0.15) is 0 Å². The summed E-state index contributed by atoms with van der Waals surface area (Å²) in [5, 5.41) is 38.9. The first-order valence-electron chi connectivity index (χ1n) is 7.24. The normalized spacial score (nSPS) is 29.9. The third-order valence-electron chi connectivity index (χ3n) is 3.75. The van der Waals surface area contributed by atoms with E-state index >= 15 is 0 Å². The number of methoxy groups -OCH3 is 3. The Bertz CT molecular complexity index is 548. The maximum absolute atomic E-state index is 10.1. The van der Waals surface area contributed by atoms with Crippen LogP contribution >= 0.6 is 0 Å². The highest BCUT2D eigenvalue weighted by Crippen LogP contribution is 2.42. The van der Waals surface area contributed by atoms with Gasteiger partial charge in [-0.2, -0.15) is 0 Å². The topological polar surface area (TPSA) is 127 Å². The number of aliphatic hydroxyl groups is 4. The van der Waals surface area contributed by atoms with Gasteiger partial charge in [0.25, 0.3) is 0 Å². The molecule has 4 N–H and O–H groups in total. The van der Waals surface area contributed by atoms with Crippen LogP contribution in [0.4, 0.5) is 0 Å². The molecule has 0 aliphatic carbocycles. The first-order valence-corrected chi connectivity index (χ1v) is 7.24. The van der Waals surface area contributed by atoms with E-state index in [-0.39, 0.29) is 11.5 Å². The number of rotatable bonds is 6. The van der Waals surface area contributed by atoms with Crippen LogP contribution in [0.3, 0.4) is 0 Å². The molecular weight excluding hydrogens is 324 g/mol. The van der Waals surface area contributed by atoms with Crippen LogP contribution in [0, 0.1) is 0 Å². The van der Waals surface area contributed by atoms with Crippen molar-refractivity contribution in [1.29, 1.82) is 0 Å². The minimum absolute atomic E-state index is 0.137. The molecule has 0 amide bonds. The second kappa shape index (κ2) is 7.86. The first-order chi connectivity index (χ1) is 11.5. The second-order valence-corrected chi connectivity index (χ2v) is 5.18. The van der Waals surface area contributed by atoms with Crippen molar-refractivity contribution in [2.24, 2.45) is 0 Å². The van der Waals surface area contributed by atoms with Gasteiger partial charge in [0.05, 0.1) is 27.9 Å². The van der Waals surface area contributed by atoms with Gasteiger partial charge in [0.2, 0.25) is 12.0 Å². The highest BCUT2D eigenvalue weighted by Gasteiger charge is 2.45. The summed E-state index contributed by atoms with van der Waals surface area (Å²) in [5.74, 6) is 1.11. The van der Waals surface area contributed by atoms with Crippen LogP contribution in [-0.2, 0) is 4.74 Å². The molecule has 1 heterocycles. The Morgan fingerprint density at radius 3 is 2.12 bits per heavy atom. The van der Waals surface area contributed by atoms with Crippen LogP contribution in [-0.4, -0.2) is 79.1 Å². The van der Waals surface area contributed by atoms with Crippen molar-refractivity contribution in [1.82, 2.24) is 0 Å². The third kappa shape index (κ3) is 3.50. The molecule has 9 heteroatoms. The molecule has 1 aromatic carbocycles. The SMILES string of the molecule is COc1cc(OC)c(OC)c(O[C@@H]2O[C@H](CO)[C@@H](O)[C@H](O)[C@H]2O)c1. The number of ether oxygens (including phenoxy) is 5. The molecule has 1 saturated heterocycles. The van der Waals surface area contributed by atoms with Gasteiger partial charge in [-0.05, 0) is 0 Å². The summed E-state index contributed by atoms with van der Waals surface area (Å²) in [4.78, 5) is 0. The summed E-state index contributed by atoms with van der Waals surface area (Å²) in [6.45, 7) is -0.552. The van der Waals surface area contributed by atoms with Gasteiger partial charge in [0.15, 0.2) is 11.5 Å². The van der Waals surface area contributed by atoms with Crippen molar-refractivity contribution >= 4 is 0 Å². The Morgan fingerprint density at radius 1 is 0.917 bits per heavy atom. The van der Waals surface area contributed by atoms with Crippen molar-refractivity contribution in [3.8, 4) is 23.0 Å². The smallest absolute Gasteiger partial charge is 0.229 e. The largest absolute Gasteiger partial charge is 0.496 e. The molecule has 1 aliphatic heterocycles. The molecule has 0 aromatic heterocycles. The van der Waals surface area contributed by atoms with Gasteiger partial charge in [-0.1, -0.05) is 0 Å². The Kier molecular flexibility index (Phi) is 6.08. The summed E-state index contributed by atoms with van der Waals surface area (Å²) in [5.41, 5.74) is 0. The summed E-state index contributed by atoms with van der Waals surface area (Å²) in [6.07, 6.45) is -6.96. The maximum Gasteiger partial charge on any atom is 0.229 e. The Labute approximate surface area is 138 Å². The molecule has 0 bridgehead atoms. The van der Waals surface area contributed by atoms with E-state index in [9.17, 15) is 20.4 Å². The molecule has 0 unspecified atom stereocenters. The molecule has 0 spiro atoms. The molecule has 0 radical (unpaired) electrons. The zero-order valence-electron chi connectivity index (χ0n) is 13.6. The van der Waals surface area contributed by atoms with Gasteiger partial charge in [0, 0.05) is 12.1 Å². The lowest BCUT2D eigenvalue weighted by atomic mass is 9.99. The monoisotopic (exact) mass is 346 g/mol. The predicted octanol–water partition coefficient (Wildman–Crippen LogP) is -1.11. The molecule has 1 aliphatic rings. The van der Waals surface area contributed by atoms with Crippen LogP contribution in [0.5, 0.6) is 23.0 Å².